The summed E-state index contributed by atoms with van der Waals surface area (Å²) in [6.07, 6.45) is 5.30. The van der Waals surface area contributed by atoms with Crippen molar-refractivity contribution in [3.63, 3.8) is 0 Å². The van der Waals surface area contributed by atoms with E-state index in [1.165, 1.54) is 0 Å². The largest absolute Gasteiger partial charge is 0.462 e. The van der Waals surface area contributed by atoms with E-state index in [1.54, 1.807) is 6.26 Å². The summed E-state index contributed by atoms with van der Waals surface area (Å²) in [6.45, 7) is 0.927. The van der Waals surface area contributed by atoms with Gasteiger partial charge in [-0.1, -0.05) is 12.1 Å². The molecule has 0 spiro atoms. The fourth-order valence-corrected chi connectivity index (χ4v) is 2.57. The van der Waals surface area contributed by atoms with Crippen molar-refractivity contribution in [2.75, 3.05) is 11.9 Å². The molecule has 0 amide bonds. The Balaban J connectivity index is 1.64. The molecule has 1 aliphatic carbocycles. The highest BCUT2D eigenvalue weighted by Crippen LogP contribution is 2.27. The number of fused-ring (bicyclic) bond motifs is 1. The first kappa shape index (κ1) is 11.3. The highest BCUT2D eigenvalue weighted by Gasteiger charge is 2.18. The second kappa shape index (κ2) is 4.84. The molecule has 0 aliphatic heterocycles. The van der Waals surface area contributed by atoms with Gasteiger partial charge in [0.1, 0.15) is 17.6 Å². The van der Waals surface area contributed by atoms with Crippen LogP contribution in [0.25, 0.3) is 11.0 Å². The van der Waals surface area contributed by atoms with Crippen LogP contribution in [-0.2, 0) is 4.79 Å². The summed E-state index contributed by atoms with van der Waals surface area (Å²) in [5.41, 5.74) is 1.97. The number of hydrogen-bond acceptors (Lipinski definition) is 3. The van der Waals surface area contributed by atoms with Crippen LogP contribution in [0.2, 0.25) is 0 Å². The summed E-state index contributed by atoms with van der Waals surface area (Å²) in [7, 11) is 0. The summed E-state index contributed by atoms with van der Waals surface area (Å²) in [4.78, 5) is 11.2. The molecule has 1 N–H and O–H groups in total. The van der Waals surface area contributed by atoms with Gasteiger partial charge in [0, 0.05) is 24.8 Å². The zero-order valence-corrected chi connectivity index (χ0v) is 10.3. The SMILES string of the molecule is O=C1CCC(CNc2coc3ccccc23)CC1. The summed E-state index contributed by atoms with van der Waals surface area (Å²) in [5.74, 6) is 1.02. The van der Waals surface area contributed by atoms with Crippen molar-refractivity contribution in [3.8, 4) is 0 Å². The van der Waals surface area contributed by atoms with E-state index in [0.29, 0.717) is 11.7 Å². The Morgan fingerprint density at radius 1 is 1.22 bits per heavy atom. The van der Waals surface area contributed by atoms with E-state index in [-0.39, 0.29) is 0 Å². The van der Waals surface area contributed by atoms with E-state index in [2.05, 4.69) is 11.4 Å². The quantitative estimate of drug-likeness (QED) is 0.895. The second-order valence-electron chi connectivity index (χ2n) is 5.01. The van der Waals surface area contributed by atoms with Crippen molar-refractivity contribution >= 4 is 22.4 Å². The summed E-state index contributed by atoms with van der Waals surface area (Å²) < 4.78 is 5.49. The first-order chi connectivity index (χ1) is 8.83. The monoisotopic (exact) mass is 243 g/mol. The Morgan fingerprint density at radius 2 is 2.00 bits per heavy atom. The van der Waals surface area contributed by atoms with E-state index in [9.17, 15) is 4.79 Å². The van der Waals surface area contributed by atoms with E-state index in [4.69, 9.17) is 4.42 Å². The van der Waals surface area contributed by atoms with Gasteiger partial charge in [-0.05, 0) is 30.9 Å². The summed E-state index contributed by atoms with van der Waals surface area (Å²) >= 11 is 0. The standard InChI is InChI=1S/C15H17NO2/c17-12-7-5-11(6-8-12)9-16-14-10-18-15-4-2-1-3-13(14)15/h1-4,10-11,16H,5-9H2. The molecule has 0 unspecified atom stereocenters. The van der Waals surface area contributed by atoms with Gasteiger partial charge >= 0.3 is 0 Å². The maximum Gasteiger partial charge on any atom is 0.136 e. The lowest BCUT2D eigenvalue weighted by molar-refractivity contribution is -0.120. The topological polar surface area (TPSA) is 42.2 Å². The average molecular weight is 243 g/mol. The summed E-state index contributed by atoms with van der Waals surface area (Å²) in [5, 5.41) is 4.58. The molecular weight excluding hydrogens is 226 g/mol. The van der Waals surface area contributed by atoms with Crippen LogP contribution in [0.15, 0.2) is 34.9 Å². The van der Waals surface area contributed by atoms with Gasteiger partial charge in [0.15, 0.2) is 0 Å². The van der Waals surface area contributed by atoms with E-state index < -0.39 is 0 Å². The minimum Gasteiger partial charge on any atom is -0.462 e. The average Bonchev–Trinajstić information content (AvgIpc) is 2.82. The number of anilines is 1. The molecular formula is C15H17NO2. The normalized spacial score (nSPS) is 17.2. The number of para-hydroxylation sites is 1. The molecule has 0 saturated heterocycles. The summed E-state index contributed by atoms with van der Waals surface area (Å²) in [6, 6.07) is 8.02. The van der Waals surface area contributed by atoms with Gasteiger partial charge < -0.3 is 9.73 Å². The lowest BCUT2D eigenvalue weighted by atomic mass is 9.88. The van der Waals surface area contributed by atoms with Gasteiger partial charge in [-0.15, -0.1) is 0 Å². The number of carbonyl (C=O) groups excluding carboxylic acids is 1. The van der Waals surface area contributed by atoms with E-state index in [0.717, 1.165) is 48.9 Å². The lowest BCUT2D eigenvalue weighted by Gasteiger charge is -2.21. The molecule has 1 aromatic carbocycles. The second-order valence-corrected chi connectivity index (χ2v) is 5.01. The molecule has 3 rings (SSSR count). The highest BCUT2D eigenvalue weighted by atomic mass is 16.3. The van der Waals surface area contributed by atoms with Crippen LogP contribution >= 0.6 is 0 Å². The van der Waals surface area contributed by atoms with Crippen LogP contribution in [0.5, 0.6) is 0 Å². The zero-order valence-electron chi connectivity index (χ0n) is 10.3. The van der Waals surface area contributed by atoms with Crippen LogP contribution in [0, 0.1) is 5.92 Å². The zero-order chi connectivity index (χ0) is 12.4. The van der Waals surface area contributed by atoms with Gasteiger partial charge in [-0.3, -0.25) is 4.79 Å². The van der Waals surface area contributed by atoms with E-state index in [1.807, 2.05) is 18.2 Å². The molecule has 1 aromatic heterocycles. The first-order valence-corrected chi connectivity index (χ1v) is 6.55. The number of nitrogens with one attached hydrogen (secondary N) is 1. The van der Waals surface area contributed by atoms with Crippen LogP contribution in [0.1, 0.15) is 25.7 Å². The van der Waals surface area contributed by atoms with Crippen molar-refractivity contribution in [1.82, 2.24) is 0 Å². The molecule has 1 heterocycles. The fraction of sp³-hybridized carbons (Fsp3) is 0.400. The minimum absolute atomic E-state index is 0.417. The van der Waals surface area contributed by atoms with Crippen molar-refractivity contribution in [2.45, 2.75) is 25.7 Å². The molecule has 1 saturated carbocycles. The minimum atomic E-state index is 0.417. The third kappa shape index (κ3) is 2.26. The number of benzene rings is 1. The maximum atomic E-state index is 11.2. The third-order valence-electron chi connectivity index (χ3n) is 3.73. The van der Waals surface area contributed by atoms with Crippen molar-refractivity contribution in [3.05, 3.63) is 30.5 Å². The molecule has 0 radical (unpaired) electrons. The molecule has 1 fully saturated rings. The van der Waals surface area contributed by atoms with Crippen molar-refractivity contribution in [1.29, 1.82) is 0 Å². The van der Waals surface area contributed by atoms with Crippen LogP contribution in [0.3, 0.4) is 0 Å². The Morgan fingerprint density at radius 3 is 2.83 bits per heavy atom. The third-order valence-corrected chi connectivity index (χ3v) is 3.73. The highest BCUT2D eigenvalue weighted by molar-refractivity contribution is 5.90. The molecule has 2 aromatic rings. The number of carbonyl (C=O) groups is 1. The Hall–Kier alpha value is -1.77. The van der Waals surface area contributed by atoms with Crippen molar-refractivity contribution < 1.29 is 9.21 Å². The molecule has 0 atom stereocenters. The molecule has 18 heavy (non-hydrogen) atoms. The number of ketones is 1. The van der Waals surface area contributed by atoms with Gasteiger partial charge in [-0.25, -0.2) is 0 Å². The Kier molecular flexibility index (Phi) is 3.05. The van der Waals surface area contributed by atoms with E-state index >= 15 is 0 Å². The molecule has 94 valence electrons. The molecule has 3 nitrogen and oxygen atoms in total. The molecule has 1 aliphatic rings. The van der Waals surface area contributed by atoms with Crippen LogP contribution < -0.4 is 5.32 Å². The smallest absolute Gasteiger partial charge is 0.136 e. The number of rotatable bonds is 3. The Bertz CT molecular complexity index is 548. The van der Waals surface area contributed by atoms with Gasteiger partial charge in [0.2, 0.25) is 0 Å². The fourth-order valence-electron chi connectivity index (χ4n) is 2.57. The number of furan rings is 1. The molecule has 3 heteroatoms. The predicted molar refractivity (Wildman–Crippen MR) is 71.7 cm³/mol. The first-order valence-electron chi connectivity index (χ1n) is 6.55. The van der Waals surface area contributed by atoms with Gasteiger partial charge in [0.25, 0.3) is 0 Å². The number of hydrogen-bond donors (Lipinski definition) is 1. The van der Waals surface area contributed by atoms with Crippen molar-refractivity contribution in [2.24, 2.45) is 5.92 Å². The van der Waals surface area contributed by atoms with Crippen LogP contribution in [-0.4, -0.2) is 12.3 Å². The Labute approximate surface area is 106 Å². The number of Topliss-reactive ketones (excluding diaryl/α,β-unsaturated/α-hetero) is 1. The van der Waals surface area contributed by atoms with Crippen LogP contribution in [0.4, 0.5) is 5.69 Å². The maximum absolute atomic E-state index is 11.2. The lowest BCUT2D eigenvalue weighted by Crippen LogP contribution is -2.20. The van der Waals surface area contributed by atoms with Gasteiger partial charge in [-0.2, -0.15) is 0 Å². The predicted octanol–water partition coefficient (Wildman–Crippen LogP) is 3.60. The molecule has 0 bridgehead atoms. The van der Waals surface area contributed by atoms with Gasteiger partial charge in [0.05, 0.1) is 5.69 Å².